The van der Waals surface area contributed by atoms with Crippen LogP contribution in [0.4, 0.5) is 24.8 Å². The first-order valence-corrected chi connectivity index (χ1v) is 7.92. The number of aromatic amines is 1. The molecule has 1 aromatic carbocycles. The molecule has 1 heterocycles. The lowest BCUT2D eigenvalue weighted by Crippen LogP contribution is -2.27. The standard InChI is InChI=1S/C16H14ClF3N6O2/c1-23-10(4-5-21)15(27)26-12-7-24-13(14(22)25-12)9-6-8(17)2-3-11(9)28-16(18,19)20/h2-7H,21H2,1H3,(H3,22,25,26,27)/p+1/b5-4-,23-10?. The van der Waals surface area contributed by atoms with Crippen molar-refractivity contribution in [3.05, 3.63) is 41.7 Å². The predicted molar refractivity (Wildman–Crippen MR) is 97.7 cm³/mol. The van der Waals surface area contributed by atoms with Crippen LogP contribution < -0.4 is 26.5 Å². The quantitative estimate of drug-likeness (QED) is 0.644. The van der Waals surface area contributed by atoms with Gasteiger partial charge in [-0.25, -0.2) is 20.1 Å². The molecule has 1 amide bonds. The summed E-state index contributed by atoms with van der Waals surface area (Å²) >= 11 is 5.87. The number of halogens is 4. The number of ether oxygens (including phenoxy) is 1. The minimum atomic E-state index is -4.92. The van der Waals surface area contributed by atoms with E-state index in [1.807, 2.05) is 0 Å². The SMILES string of the molecule is CN=C(/C=C\N)C(=O)Nc1cnc(-c2cc(Cl)ccc2OC(F)(F)F)c(N)[nH+]1. The van der Waals surface area contributed by atoms with Gasteiger partial charge in [-0.15, -0.1) is 13.2 Å². The molecule has 148 valence electrons. The first-order valence-electron chi connectivity index (χ1n) is 7.54. The van der Waals surface area contributed by atoms with Gasteiger partial charge in [0, 0.05) is 12.1 Å². The van der Waals surface area contributed by atoms with E-state index in [2.05, 4.69) is 25.0 Å². The van der Waals surface area contributed by atoms with Crippen molar-refractivity contribution < 1.29 is 27.7 Å². The van der Waals surface area contributed by atoms with E-state index in [9.17, 15) is 18.0 Å². The van der Waals surface area contributed by atoms with Crippen LogP contribution in [0.1, 0.15) is 0 Å². The maximum Gasteiger partial charge on any atom is 0.573 e. The molecule has 1 aromatic heterocycles. The lowest BCUT2D eigenvalue weighted by Gasteiger charge is -2.13. The molecule has 2 aromatic rings. The van der Waals surface area contributed by atoms with E-state index < -0.39 is 18.0 Å². The highest BCUT2D eigenvalue weighted by Gasteiger charge is 2.33. The third-order valence-electron chi connectivity index (χ3n) is 3.25. The Kier molecular flexibility index (Phi) is 6.41. The van der Waals surface area contributed by atoms with Gasteiger partial charge in [-0.1, -0.05) is 11.6 Å². The Hall–Kier alpha value is -3.34. The number of carbonyl (C=O) groups is 1. The minimum Gasteiger partial charge on any atom is -0.405 e. The second-order valence-corrected chi connectivity index (χ2v) is 5.61. The van der Waals surface area contributed by atoms with Crippen LogP contribution in [0.3, 0.4) is 0 Å². The summed E-state index contributed by atoms with van der Waals surface area (Å²) < 4.78 is 41.9. The van der Waals surface area contributed by atoms with E-state index in [1.54, 1.807) is 0 Å². The minimum absolute atomic E-state index is 0.0363. The second-order valence-electron chi connectivity index (χ2n) is 5.17. The number of carbonyl (C=O) groups excluding carboxylic acids is 1. The Morgan fingerprint density at radius 1 is 1.43 bits per heavy atom. The normalized spacial score (nSPS) is 12.2. The van der Waals surface area contributed by atoms with Gasteiger partial charge in [0.25, 0.3) is 0 Å². The first kappa shape index (κ1) is 21.0. The number of rotatable bonds is 5. The van der Waals surface area contributed by atoms with Crippen molar-refractivity contribution in [2.24, 2.45) is 10.7 Å². The van der Waals surface area contributed by atoms with E-state index in [1.165, 1.54) is 31.5 Å². The van der Waals surface area contributed by atoms with E-state index in [4.69, 9.17) is 23.1 Å². The molecule has 0 aliphatic heterocycles. The second kappa shape index (κ2) is 8.57. The lowest BCUT2D eigenvalue weighted by molar-refractivity contribution is -0.343. The van der Waals surface area contributed by atoms with Crippen LogP contribution in [0.2, 0.25) is 5.02 Å². The molecule has 0 aliphatic rings. The number of nitrogens with zero attached hydrogens (tertiary/aromatic N) is 2. The number of benzene rings is 1. The lowest BCUT2D eigenvalue weighted by atomic mass is 10.1. The molecule has 0 fully saturated rings. The number of nitrogens with one attached hydrogen (secondary N) is 2. The predicted octanol–water partition coefficient (Wildman–Crippen LogP) is 2.18. The maximum absolute atomic E-state index is 12.6. The van der Waals surface area contributed by atoms with Crippen LogP contribution in [0, 0.1) is 0 Å². The summed E-state index contributed by atoms with van der Waals surface area (Å²) in [4.78, 5) is 22.4. The Morgan fingerprint density at radius 2 is 2.14 bits per heavy atom. The van der Waals surface area contributed by atoms with Gasteiger partial charge in [-0.2, -0.15) is 0 Å². The van der Waals surface area contributed by atoms with Gasteiger partial charge in [0.2, 0.25) is 11.6 Å². The average molecular weight is 416 g/mol. The Morgan fingerprint density at radius 3 is 2.71 bits per heavy atom. The molecule has 0 unspecified atom stereocenters. The summed E-state index contributed by atoms with van der Waals surface area (Å²) in [6.07, 6.45) is -1.32. The number of aliphatic imine (C=N–C) groups is 1. The number of aromatic nitrogens is 2. The van der Waals surface area contributed by atoms with Gasteiger partial charge in [-0.3, -0.25) is 4.99 Å². The smallest absolute Gasteiger partial charge is 0.405 e. The number of hydrogen-bond acceptors (Lipinski definition) is 6. The highest BCUT2D eigenvalue weighted by atomic mass is 35.5. The number of nitrogens with two attached hydrogens (primary N) is 2. The van der Waals surface area contributed by atoms with Crippen LogP contribution in [0.5, 0.6) is 5.75 Å². The molecular weight excluding hydrogens is 401 g/mol. The molecule has 0 radical (unpaired) electrons. The zero-order valence-electron chi connectivity index (χ0n) is 14.3. The van der Waals surface area contributed by atoms with Crippen molar-refractivity contribution in [1.82, 2.24) is 4.98 Å². The first-order chi connectivity index (χ1) is 13.1. The molecule has 0 saturated carbocycles. The largest absolute Gasteiger partial charge is 0.573 e. The summed E-state index contributed by atoms with van der Waals surface area (Å²) in [7, 11) is 1.40. The van der Waals surface area contributed by atoms with Crippen LogP contribution in [-0.4, -0.2) is 30.0 Å². The van der Waals surface area contributed by atoms with Gasteiger partial charge in [0.1, 0.15) is 23.4 Å². The fourth-order valence-corrected chi connectivity index (χ4v) is 2.32. The van der Waals surface area contributed by atoms with Crippen molar-refractivity contribution >= 4 is 34.9 Å². The van der Waals surface area contributed by atoms with Gasteiger partial charge in [0.05, 0.1) is 5.56 Å². The Bertz CT molecular complexity index is 946. The number of anilines is 2. The molecule has 0 spiro atoms. The van der Waals surface area contributed by atoms with Gasteiger partial charge >= 0.3 is 12.3 Å². The number of H-pyrrole nitrogens is 1. The summed E-state index contributed by atoms with van der Waals surface area (Å²) in [6.45, 7) is 0. The van der Waals surface area contributed by atoms with E-state index in [-0.39, 0.29) is 33.6 Å². The molecular formula is C16H15ClF3N6O2+. The number of nitrogen functional groups attached to an aromatic ring is 1. The summed E-state index contributed by atoms with van der Waals surface area (Å²) in [5.74, 6) is -1.18. The number of hydrogen-bond donors (Lipinski definition) is 3. The van der Waals surface area contributed by atoms with Crippen molar-refractivity contribution in [2.75, 3.05) is 18.1 Å². The maximum atomic E-state index is 12.6. The number of amides is 1. The monoisotopic (exact) mass is 415 g/mol. The van der Waals surface area contributed by atoms with Crippen molar-refractivity contribution in [1.29, 1.82) is 0 Å². The highest BCUT2D eigenvalue weighted by molar-refractivity contribution is 6.46. The van der Waals surface area contributed by atoms with Crippen LogP contribution in [0.15, 0.2) is 41.7 Å². The topological polar surface area (TPSA) is 130 Å². The third kappa shape index (κ3) is 5.33. The van der Waals surface area contributed by atoms with Gasteiger partial charge in [0.15, 0.2) is 0 Å². The van der Waals surface area contributed by atoms with Crippen LogP contribution >= 0.6 is 11.6 Å². The fourth-order valence-electron chi connectivity index (χ4n) is 2.14. The number of alkyl halides is 3. The molecule has 12 heteroatoms. The van der Waals surface area contributed by atoms with Crippen LogP contribution in [-0.2, 0) is 4.79 Å². The van der Waals surface area contributed by atoms with Crippen molar-refractivity contribution in [3.63, 3.8) is 0 Å². The zero-order valence-corrected chi connectivity index (χ0v) is 15.1. The fraction of sp³-hybridized carbons (Fsp3) is 0.125. The van der Waals surface area contributed by atoms with Gasteiger partial charge in [-0.05, 0) is 30.5 Å². The highest BCUT2D eigenvalue weighted by Crippen LogP contribution is 2.36. The summed E-state index contributed by atoms with van der Waals surface area (Å²) in [5.41, 5.74) is 11.0. The molecule has 28 heavy (non-hydrogen) atoms. The Balaban J connectivity index is 2.38. The molecule has 2 rings (SSSR count). The van der Waals surface area contributed by atoms with Gasteiger partial charge < -0.3 is 16.2 Å². The van der Waals surface area contributed by atoms with Crippen molar-refractivity contribution in [2.45, 2.75) is 6.36 Å². The molecule has 6 N–H and O–H groups in total. The zero-order chi connectivity index (χ0) is 20.9. The molecule has 0 aliphatic carbocycles. The van der Waals surface area contributed by atoms with E-state index in [0.29, 0.717) is 0 Å². The summed E-state index contributed by atoms with van der Waals surface area (Å²) in [6, 6.07) is 3.50. The van der Waals surface area contributed by atoms with E-state index in [0.717, 1.165) is 12.3 Å². The molecule has 0 atom stereocenters. The van der Waals surface area contributed by atoms with E-state index >= 15 is 0 Å². The van der Waals surface area contributed by atoms with Crippen molar-refractivity contribution in [3.8, 4) is 17.0 Å². The molecule has 0 saturated heterocycles. The third-order valence-corrected chi connectivity index (χ3v) is 3.48. The van der Waals surface area contributed by atoms with Crippen LogP contribution in [0.25, 0.3) is 11.3 Å². The average Bonchev–Trinajstić information content (AvgIpc) is 2.60. The molecule has 8 nitrogen and oxygen atoms in total. The summed E-state index contributed by atoms with van der Waals surface area (Å²) in [5, 5.41) is 2.60. The molecule has 0 bridgehead atoms. The Labute approximate surface area is 162 Å².